The maximum absolute atomic E-state index is 5.91. The zero-order valence-electron chi connectivity index (χ0n) is 12.0. The molecule has 106 valence electrons. The van der Waals surface area contributed by atoms with Crippen LogP contribution in [0.25, 0.3) is 0 Å². The van der Waals surface area contributed by atoms with E-state index in [9.17, 15) is 0 Å². The van der Waals surface area contributed by atoms with E-state index in [0.717, 1.165) is 39.3 Å². The quantitative estimate of drug-likeness (QED) is 0.788. The lowest BCUT2D eigenvalue weighted by Gasteiger charge is -2.37. The monoisotopic (exact) mass is 255 g/mol. The number of rotatable bonds is 5. The Morgan fingerprint density at radius 2 is 2.22 bits per heavy atom. The zero-order valence-corrected chi connectivity index (χ0v) is 12.0. The summed E-state index contributed by atoms with van der Waals surface area (Å²) in [6.45, 7) is 8.30. The Bertz CT molecular complexity index is 249. The minimum Gasteiger partial charge on any atom is -0.374 e. The summed E-state index contributed by atoms with van der Waals surface area (Å²) < 4.78 is 5.89. The van der Waals surface area contributed by atoms with Crippen molar-refractivity contribution in [2.45, 2.75) is 38.3 Å². The molecule has 1 heterocycles. The highest BCUT2D eigenvalue weighted by Crippen LogP contribution is 2.29. The molecule has 3 unspecified atom stereocenters. The standard InChI is InChI=1S/C14H29N3O/c1-3-17(14-6-4-5-12(14)9-15)11-13-10-16(2)7-8-18-13/h12-14H,3-11,15H2,1-2H3. The lowest BCUT2D eigenvalue weighted by atomic mass is 10.0. The van der Waals surface area contributed by atoms with E-state index in [2.05, 4.69) is 23.8 Å². The van der Waals surface area contributed by atoms with Gasteiger partial charge in [0.05, 0.1) is 12.7 Å². The van der Waals surface area contributed by atoms with Crippen LogP contribution in [0.15, 0.2) is 0 Å². The molecule has 0 radical (unpaired) electrons. The molecule has 0 aromatic rings. The summed E-state index contributed by atoms with van der Waals surface area (Å²) in [5, 5.41) is 0. The summed E-state index contributed by atoms with van der Waals surface area (Å²) in [7, 11) is 2.18. The zero-order chi connectivity index (χ0) is 13.0. The SMILES string of the molecule is CCN(CC1CN(C)CCO1)C1CCCC1CN. The fourth-order valence-electron chi connectivity index (χ4n) is 3.51. The van der Waals surface area contributed by atoms with Crippen molar-refractivity contribution in [3.05, 3.63) is 0 Å². The average molecular weight is 255 g/mol. The van der Waals surface area contributed by atoms with Gasteiger partial charge in [0.1, 0.15) is 0 Å². The summed E-state index contributed by atoms with van der Waals surface area (Å²) in [6.07, 6.45) is 4.35. The first kappa shape index (κ1) is 14.3. The molecule has 2 fully saturated rings. The Morgan fingerprint density at radius 3 is 2.89 bits per heavy atom. The van der Waals surface area contributed by atoms with E-state index in [1.54, 1.807) is 0 Å². The van der Waals surface area contributed by atoms with E-state index >= 15 is 0 Å². The Morgan fingerprint density at radius 1 is 1.39 bits per heavy atom. The van der Waals surface area contributed by atoms with Gasteiger partial charge < -0.3 is 15.4 Å². The highest BCUT2D eigenvalue weighted by atomic mass is 16.5. The van der Waals surface area contributed by atoms with Crippen molar-refractivity contribution in [1.29, 1.82) is 0 Å². The average Bonchev–Trinajstić information content (AvgIpc) is 2.84. The first-order valence-corrected chi connectivity index (χ1v) is 7.48. The number of ether oxygens (including phenoxy) is 1. The van der Waals surface area contributed by atoms with Crippen molar-refractivity contribution in [2.75, 3.05) is 46.4 Å². The van der Waals surface area contributed by atoms with Crippen LogP contribution in [-0.2, 0) is 4.74 Å². The van der Waals surface area contributed by atoms with Gasteiger partial charge in [-0.3, -0.25) is 4.90 Å². The van der Waals surface area contributed by atoms with Gasteiger partial charge in [-0.05, 0) is 38.9 Å². The number of hydrogen-bond donors (Lipinski definition) is 1. The molecule has 0 bridgehead atoms. The minimum absolute atomic E-state index is 0.378. The molecule has 3 atom stereocenters. The van der Waals surface area contributed by atoms with Gasteiger partial charge >= 0.3 is 0 Å². The van der Waals surface area contributed by atoms with Crippen molar-refractivity contribution >= 4 is 0 Å². The number of morpholine rings is 1. The molecule has 2 aliphatic rings. The molecule has 18 heavy (non-hydrogen) atoms. The number of nitrogens with two attached hydrogens (primary N) is 1. The van der Waals surface area contributed by atoms with Gasteiger partial charge in [-0.2, -0.15) is 0 Å². The predicted molar refractivity (Wildman–Crippen MR) is 74.7 cm³/mol. The first-order valence-electron chi connectivity index (χ1n) is 7.48. The maximum atomic E-state index is 5.91. The van der Waals surface area contributed by atoms with Crippen molar-refractivity contribution in [3.63, 3.8) is 0 Å². The van der Waals surface area contributed by atoms with Crippen LogP contribution < -0.4 is 5.73 Å². The second-order valence-corrected chi connectivity index (χ2v) is 5.84. The van der Waals surface area contributed by atoms with E-state index in [1.807, 2.05) is 0 Å². The molecule has 0 spiro atoms. The van der Waals surface area contributed by atoms with Crippen LogP contribution in [0, 0.1) is 5.92 Å². The lowest BCUT2D eigenvalue weighted by Crippen LogP contribution is -2.49. The molecule has 4 heteroatoms. The van der Waals surface area contributed by atoms with Gasteiger partial charge in [0.15, 0.2) is 0 Å². The molecule has 0 aromatic carbocycles. The fourth-order valence-corrected chi connectivity index (χ4v) is 3.51. The summed E-state index contributed by atoms with van der Waals surface area (Å²) in [5.74, 6) is 0.700. The van der Waals surface area contributed by atoms with Gasteiger partial charge in [-0.15, -0.1) is 0 Å². The van der Waals surface area contributed by atoms with Crippen LogP contribution in [0.4, 0.5) is 0 Å². The molecule has 2 N–H and O–H groups in total. The second kappa shape index (κ2) is 6.85. The van der Waals surface area contributed by atoms with Crippen LogP contribution >= 0.6 is 0 Å². The number of nitrogens with zero attached hydrogens (tertiary/aromatic N) is 2. The molecule has 1 aliphatic heterocycles. The molecule has 1 saturated heterocycles. The van der Waals surface area contributed by atoms with Crippen LogP contribution in [0.3, 0.4) is 0 Å². The third-order valence-electron chi connectivity index (χ3n) is 4.58. The van der Waals surface area contributed by atoms with Crippen LogP contribution in [-0.4, -0.2) is 68.3 Å². The molecule has 1 saturated carbocycles. The summed E-state index contributed by atoms with van der Waals surface area (Å²) >= 11 is 0. The van der Waals surface area contributed by atoms with Crippen LogP contribution in [0.5, 0.6) is 0 Å². The molecular formula is C14H29N3O. The van der Waals surface area contributed by atoms with E-state index < -0.39 is 0 Å². The largest absolute Gasteiger partial charge is 0.374 e. The van der Waals surface area contributed by atoms with Crippen LogP contribution in [0.2, 0.25) is 0 Å². The Labute approximate surface area is 111 Å². The Balaban J connectivity index is 1.88. The molecule has 0 aromatic heterocycles. The molecule has 0 amide bonds. The third kappa shape index (κ3) is 3.44. The van der Waals surface area contributed by atoms with E-state index in [-0.39, 0.29) is 0 Å². The van der Waals surface area contributed by atoms with Crippen molar-refractivity contribution in [1.82, 2.24) is 9.80 Å². The topological polar surface area (TPSA) is 41.7 Å². The van der Waals surface area contributed by atoms with E-state index in [0.29, 0.717) is 18.1 Å². The first-order chi connectivity index (χ1) is 8.74. The van der Waals surface area contributed by atoms with Gasteiger partial charge in [0, 0.05) is 25.7 Å². The molecular weight excluding hydrogens is 226 g/mol. The smallest absolute Gasteiger partial charge is 0.0829 e. The minimum atomic E-state index is 0.378. The van der Waals surface area contributed by atoms with Crippen molar-refractivity contribution in [2.24, 2.45) is 11.7 Å². The highest BCUT2D eigenvalue weighted by molar-refractivity contribution is 4.87. The Hall–Kier alpha value is -0.160. The van der Waals surface area contributed by atoms with Crippen molar-refractivity contribution < 1.29 is 4.74 Å². The van der Waals surface area contributed by atoms with Gasteiger partial charge in [-0.1, -0.05) is 13.3 Å². The number of hydrogen-bond acceptors (Lipinski definition) is 4. The van der Waals surface area contributed by atoms with Crippen LogP contribution in [0.1, 0.15) is 26.2 Å². The van der Waals surface area contributed by atoms with Gasteiger partial charge in [-0.25, -0.2) is 0 Å². The van der Waals surface area contributed by atoms with Crippen molar-refractivity contribution in [3.8, 4) is 0 Å². The molecule has 4 nitrogen and oxygen atoms in total. The summed E-state index contributed by atoms with van der Waals surface area (Å²) in [4.78, 5) is 4.98. The second-order valence-electron chi connectivity index (χ2n) is 5.84. The maximum Gasteiger partial charge on any atom is 0.0829 e. The summed E-state index contributed by atoms with van der Waals surface area (Å²) in [5.41, 5.74) is 5.91. The molecule has 2 rings (SSSR count). The lowest BCUT2D eigenvalue weighted by molar-refractivity contribution is -0.0427. The fraction of sp³-hybridized carbons (Fsp3) is 1.00. The summed E-state index contributed by atoms with van der Waals surface area (Å²) in [6, 6.07) is 0.691. The van der Waals surface area contributed by atoms with Gasteiger partial charge in [0.25, 0.3) is 0 Å². The Kier molecular flexibility index (Phi) is 5.42. The normalized spacial score (nSPS) is 34.3. The molecule has 1 aliphatic carbocycles. The van der Waals surface area contributed by atoms with E-state index in [1.165, 1.54) is 19.3 Å². The predicted octanol–water partition coefficient (Wildman–Crippen LogP) is 0.766. The highest BCUT2D eigenvalue weighted by Gasteiger charge is 2.32. The third-order valence-corrected chi connectivity index (χ3v) is 4.58. The number of likely N-dealkylation sites (N-methyl/N-ethyl adjacent to an activating group) is 2. The van der Waals surface area contributed by atoms with Gasteiger partial charge in [0.2, 0.25) is 0 Å². The van der Waals surface area contributed by atoms with E-state index in [4.69, 9.17) is 10.5 Å².